The quantitative estimate of drug-likeness (QED) is 0.640. The lowest BCUT2D eigenvalue weighted by Crippen LogP contribution is -2.26. The molecule has 156 valence electrons. The molecule has 2 aromatic heterocycles. The van der Waals surface area contributed by atoms with Crippen molar-refractivity contribution < 1.29 is 9.84 Å². The summed E-state index contributed by atoms with van der Waals surface area (Å²) in [6.45, 7) is 5.96. The van der Waals surface area contributed by atoms with Crippen LogP contribution in [-0.4, -0.2) is 40.9 Å². The summed E-state index contributed by atoms with van der Waals surface area (Å²) in [4.78, 5) is 11.6. The Morgan fingerprint density at radius 1 is 1.13 bits per heavy atom. The average molecular weight is 404 g/mol. The predicted octanol–water partition coefficient (Wildman–Crippen LogP) is 4.21. The van der Waals surface area contributed by atoms with Crippen molar-refractivity contribution in [2.24, 2.45) is 0 Å². The first kappa shape index (κ1) is 20.4. The van der Waals surface area contributed by atoms with E-state index in [1.807, 2.05) is 25.3 Å². The highest BCUT2D eigenvalue weighted by atomic mass is 16.5. The highest BCUT2D eigenvalue weighted by Crippen LogP contribution is 2.30. The third-order valence-corrected chi connectivity index (χ3v) is 5.63. The van der Waals surface area contributed by atoms with Crippen LogP contribution in [-0.2, 0) is 12.8 Å². The third-order valence-electron chi connectivity index (χ3n) is 5.63. The Labute approximate surface area is 178 Å². The number of hydrogen-bond acceptors (Lipinski definition) is 5. The van der Waals surface area contributed by atoms with Crippen LogP contribution in [0.25, 0.3) is 11.3 Å². The summed E-state index contributed by atoms with van der Waals surface area (Å²) in [5, 5.41) is 9.63. The molecule has 1 saturated heterocycles. The van der Waals surface area contributed by atoms with Crippen molar-refractivity contribution in [2.75, 3.05) is 24.6 Å². The molecule has 30 heavy (non-hydrogen) atoms. The number of aryl methyl sites for hydroxylation is 2. The Balaban J connectivity index is 1.54. The number of aliphatic hydroxyl groups is 1. The summed E-state index contributed by atoms with van der Waals surface area (Å²) < 4.78 is 6.08. The van der Waals surface area contributed by atoms with E-state index in [0.717, 1.165) is 48.6 Å². The molecular formula is C25H29N3O2. The van der Waals surface area contributed by atoms with Crippen LogP contribution in [0.2, 0.25) is 0 Å². The zero-order valence-electron chi connectivity index (χ0n) is 17.7. The van der Waals surface area contributed by atoms with Crippen molar-refractivity contribution in [1.82, 2.24) is 9.97 Å². The Morgan fingerprint density at radius 3 is 2.77 bits per heavy atom. The number of aliphatic hydroxyl groups excluding tert-OH is 1. The van der Waals surface area contributed by atoms with Gasteiger partial charge in [0.1, 0.15) is 6.10 Å². The molecule has 0 radical (unpaired) electrons. The van der Waals surface area contributed by atoms with Gasteiger partial charge in [-0.25, -0.2) is 4.98 Å². The minimum absolute atomic E-state index is 0.0833. The van der Waals surface area contributed by atoms with Gasteiger partial charge in [0.05, 0.1) is 23.6 Å². The first-order chi connectivity index (χ1) is 14.7. The van der Waals surface area contributed by atoms with Crippen LogP contribution < -0.4 is 9.64 Å². The fourth-order valence-corrected chi connectivity index (χ4v) is 4.04. The maximum Gasteiger partial charge on any atom is 0.213 e. The summed E-state index contributed by atoms with van der Waals surface area (Å²) in [6.07, 6.45) is 4.38. The lowest BCUT2D eigenvalue weighted by atomic mass is 10.0. The lowest BCUT2D eigenvalue weighted by molar-refractivity contribution is 0.216. The Morgan fingerprint density at radius 2 is 2.00 bits per heavy atom. The number of nitrogens with zero attached hydrogens (tertiary/aromatic N) is 3. The van der Waals surface area contributed by atoms with Gasteiger partial charge in [-0.2, -0.15) is 0 Å². The molecule has 5 heteroatoms. The predicted molar refractivity (Wildman–Crippen MR) is 120 cm³/mol. The van der Waals surface area contributed by atoms with Crippen LogP contribution in [0.15, 0.2) is 54.7 Å². The number of rotatable bonds is 7. The van der Waals surface area contributed by atoms with E-state index in [0.29, 0.717) is 12.3 Å². The fourth-order valence-electron chi connectivity index (χ4n) is 4.04. The normalized spacial score (nSPS) is 16.1. The first-order valence-electron chi connectivity index (χ1n) is 10.7. The minimum atomic E-state index is 0.0833. The standard InChI is InChI=1S/C25H29N3O2/c1-3-19-6-4-5-7-21(19)22-9-10-24(23(27-22)13-15-29)28-14-12-20(17-28)30-25-11-8-18(2)16-26-25/h4-11,16,20,29H,3,12-15,17H2,1-2H3/t20-/m0/s1. The summed E-state index contributed by atoms with van der Waals surface area (Å²) in [6, 6.07) is 16.6. The molecule has 0 amide bonds. The van der Waals surface area contributed by atoms with Crippen LogP contribution in [0.4, 0.5) is 5.69 Å². The molecule has 3 aromatic rings. The van der Waals surface area contributed by atoms with Gasteiger partial charge in [-0.05, 0) is 36.6 Å². The van der Waals surface area contributed by atoms with Crippen LogP contribution in [0.5, 0.6) is 5.88 Å². The van der Waals surface area contributed by atoms with E-state index in [-0.39, 0.29) is 12.7 Å². The molecule has 1 aromatic carbocycles. The lowest BCUT2D eigenvalue weighted by Gasteiger charge is -2.22. The molecule has 4 rings (SSSR count). The largest absolute Gasteiger partial charge is 0.472 e. The summed E-state index contributed by atoms with van der Waals surface area (Å²) >= 11 is 0. The van der Waals surface area contributed by atoms with Crippen molar-refractivity contribution in [3.8, 4) is 17.1 Å². The Hall–Kier alpha value is -2.92. The molecule has 1 aliphatic heterocycles. The summed E-state index contributed by atoms with van der Waals surface area (Å²) in [7, 11) is 0. The highest BCUT2D eigenvalue weighted by Gasteiger charge is 2.26. The maximum atomic E-state index is 9.63. The van der Waals surface area contributed by atoms with E-state index in [1.165, 1.54) is 11.1 Å². The molecular weight excluding hydrogens is 374 g/mol. The molecule has 1 N–H and O–H groups in total. The molecule has 1 atom stereocenters. The molecule has 0 saturated carbocycles. The van der Waals surface area contributed by atoms with Crippen LogP contribution in [0.3, 0.4) is 0 Å². The van der Waals surface area contributed by atoms with Crippen molar-refractivity contribution in [2.45, 2.75) is 39.2 Å². The smallest absolute Gasteiger partial charge is 0.213 e. The van der Waals surface area contributed by atoms with Gasteiger partial charge < -0.3 is 14.7 Å². The second kappa shape index (κ2) is 9.26. The van der Waals surface area contributed by atoms with Crippen molar-refractivity contribution in [3.63, 3.8) is 0 Å². The van der Waals surface area contributed by atoms with Gasteiger partial charge in [0.2, 0.25) is 5.88 Å². The van der Waals surface area contributed by atoms with Gasteiger partial charge >= 0.3 is 0 Å². The van der Waals surface area contributed by atoms with Gasteiger partial charge in [-0.1, -0.05) is 37.3 Å². The van der Waals surface area contributed by atoms with Gasteiger partial charge in [-0.3, -0.25) is 4.98 Å². The van der Waals surface area contributed by atoms with Gasteiger partial charge in [0, 0.05) is 43.8 Å². The number of ether oxygens (including phenoxy) is 1. The topological polar surface area (TPSA) is 58.5 Å². The molecule has 3 heterocycles. The van der Waals surface area contributed by atoms with E-state index in [4.69, 9.17) is 9.72 Å². The summed E-state index contributed by atoms with van der Waals surface area (Å²) in [5.41, 5.74) is 6.57. The van der Waals surface area contributed by atoms with Gasteiger partial charge in [-0.15, -0.1) is 0 Å². The zero-order chi connectivity index (χ0) is 20.9. The van der Waals surface area contributed by atoms with E-state index >= 15 is 0 Å². The number of hydrogen-bond donors (Lipinski definition) is 1. The van der Waals surface area contributed by atoms with Crippen LogP contribution in [0, 0.1) is 6.92 Å². The Bertz CT molecular complexity index is 988. The third kappa shape index (κ3) is 4.46. The molecule has 1 fully saturated rings. The van der Waals surface area contributed by atoms with Crippen molar-refractivity contribution >= 4 is 5.69 Å². The van der Waals surface area contributed by atoms with E-state index < -0.39 is 0 Å². The minimum Gasteiger partial charge on any atom is -0.472 e. The molecule has 5 nitrogen and oxygen atoms in total. The molecule has 0 unspecified atom stereocenters. The summed E-state index contributed by atoms with van der Waals surface area (Å²) in [5.74, 6) is 0.674. The number of aromatic nitrogens is 2. The van der Waals surface area contributed by atoms with E-state index in [2.05, 4.69) is 53.2 Å². The van der Waals surface area contributed by atoms with Gasteiger partial charge in [0.25, 0.3) is 0 Å². The second-order valence-electron chi connectivity index (χ2n) is 7.79. The van der Waals surface area contributed by atoms with Crippen molar-refractivity contribution in [3.05, 3.63) is 71.5 Å². The van der Waals surface area contributed by atoms with Crippen LogP contribution in [0.1, 0.15) is 30.2 Å². The number of benzene rings is 1. The SMILES string of the molecule is CCc1ccccc1-c1ccc(N2CC[C@H](Oc3ccc(C)cn3)C2)c(CCO)n1. The maximum absolute atomic E-state index is 9.63. The van der Waals surface area contributed by atoms with Crippen molar-refractivity contribution in [1.29, 1.82) is 0 Å². The zero-order valence-corrected chi connectivity index (χ0v) is 17.7. The van der Waals surface area contributed by atoms with E-state index in [1.54, 1.807) is 0 Å². The first-order valence-corrected chi connectivity index (χ1v) is 10.7. The highest BCUT2D eigenvalue weighted by molar-refractivity contribution is 5.67. The average Bonchev–Trinajstić information content (AvgIpc) is 3.24. The monoisotopic (exact) mass is 403 g/mol. The molecule has 0 bridgehead atoms. The molecule has 0 aliphatic carbocycles. The van der Waals surface area contributed by atoms with Gasteiger partial charge in [0.15, 0.2) is 0 Å². The fraction of sp³-hybridized carbons (Fsp3) is 0.360. The van der Waals surface area contributed by atoms with E-state index in [9.17, 15) is 5.11 Å². The molecule has 0 spiro atoms. The number of anilines is 1. The number of pyridine rings is 2. The second-order valence-corrected chi connectivity index (χ2v) is 7.79. The van der Waals surface area contributed by atoms with Crippen LogP contribution >= 0.6 is 0 Å². The molecule has 1 aliphatic rings. The Kier molecular flexibility index (Phi) is 6.29.